The smallest absolute Gasteiger partial charge is 0.209 e. The number of para-hydroxylation sites is 1. The highest BCUT2D eigenvalue weighted by Crippen LogP contribution is 2.42. The summed E-state index contributed by atoms with van der Waals surface area (Å²) >= 11 is 17.7. The molecule has 0 saturated carbocycles. The molecule has 0 N–H and O–H groups in total. The summed E-state index contributed by atoms with van der Waals surface area (Å²) in [7, 11) is 0. The number of rotatable bonds is 0. The maximum atomic E-state index is 12.0. The summed E-state index contributed by atoms with van der Waals surface area (Å²) in [6, 6.07) is 5.61. The molecule has 0 spiro atoms. The van der Waals surface area contributed by atoms with Gasteiger partial charge in [-0.05, 0) is 59.9 Å². The van der Waals surface area contributed by atoms with Crippen LogP contribution in [0.15, 0.2) is 36.4 Å². The Kier molecular flexibility index (Phi) is 3.73. The zero-order chi connectivity index (χ0) is 13.7. The Morgan fingerprint density at radius 2 is 1.84 bits per heavy atom. The summed E-state index contributed by atoms with van der Waals surface area (Å²) < 4.78 is 2.55. The molecular formula is C12H3Br3ClNOS. The molecule has 1 aliphatic carbocycles. The minimum atomic E-state index is -0.0983. The monoisotopic (exact) mass is 481 g/mol. The van der Waals surface area contributed by atoms with E-state index < -0.39 is 0 Å². The number of nitrogens with zero attached hydrogens (tertiary/aromatic N) is 1. The molecule has 0 unspecified atom stereocenters. The summed E-state index contributed by atoms with van der Waals surface area (Å²) in [5, 5.41) is 0.598. The summed E-state index contributed by atoms with van der Waals surface area (Å²) in [5.41, 5.74) is 1.35. The van der Waals surface area contributed by atoms with Crippen molar-refractivity contribution in [2.24, 2.45) is 0 Å². The van der Waals surface area contributed by atoms with Crippen molar-refractivity contribution in [3.05, 3.63) is 46.9 Å². The number of aromatic nitrogens is 1. The summed E-state index contributed by atoms with van der Waals surface area (Å²) in [5.74, 6) is 0. The van der Waals surface area contributed by atoms with E-state index >= 15 is 0 Å². The van der Waals surface area contributed by atoms with E-state index in [1.165, 1.54) is 11.3 Å². The van der Waals surface area contributed by atoms with Crippen LogP contribution < -0.4 is 5.43 Å². The van der Waals surface area contributed by atoms with Crippen molar-refractivity contribution in [2.45, 2.75) is 0 Å². The highest BCUT2D eigenvalue weighted by molar-refractivity contribution is 9.13. The molecule has 19 heavy (non-hydrogen) atoms. The highest BCUT2D eigenvalue weighted by Gasteiger charge is 2.21. The van der Waals surface area contributed by atoms with Crippen molar-refractivity contribution >= 4 is 80.9 Å². The first kappa shape index (κ1) is 13.9. The quantitative estimate of drug-likeness (QED) is 0.303. The molecule has 1 aliphatic heterocycles. The minimum Gasteiger partial charge on any atom is -0.287 e. The molecule has 96 valence electrons. The van der Waals surface area contributed by atoms with Crippen LogP contribution in [0.2, 0.25) is 5.02 Å². The van der Waals surface area contributed by atoms with Crippen LogP contribution in [0.1, 0.15) is 0 Å². The molecular weight excluding hydrogens is 481 g/mol. The minimum absolute atomic E-state index is 0.0983. The second-order valence-electron chi connectivity index (χ2n) is 3.75. The SMILES string of the molecule is O=c1c(Br)c2sc3cccc(Cl)c3nc-2c(Br)c1Br. The van der Waals surface area contributed by atoms with E-state index in [1.807, 2.05) is 12.1 Å². The van der Waals surface area contributed by atoms with Crippen LogP contribution in [-0.4, -0.2) is 4.98 Å². The Morgan fingerprint density at radius 3 is 2.58 bits per heavy atom. The lowest BCUT2D eigenvalue weighted by Gasteiger charge is -2.11. The first-order chi connectivity index (χ1) is 9.00. The zero-order valence-electron chi connectivity index (χ0n) is 9.01. The number of hydrogen-bond donors (Lipinski definition) is 0. The van der Waals surface area contributed by atoms with Gasteiger partial charge in [0, 0.05) is 0 Å². The molecule has 0 atom stereocenters. The third kappa shape index (κ3) is 2.17. The lowest BCUT2D eigenvalue weighted by atomic mass is 10.2. The summed E-state index contributed by atoms with van der Waals surface area (Å²) in [4.78, 5) is 17.4. The maximum Gasteiger partial charge on any atom is 0.209 e. The van der Waals surface area contributed by atoms with Crippen LogP contribution in [0, 0.1) is 0 Å². The van der Waals surface area contributed by atoms with Gasteiger partial charge in [0.05, 0.1) is 39.2 Å². The topological polar surface area (TPSA) is 30.0 Å². The molecule has 0 saturated heterocycles. The average molecular weight is 484 g/mol. The number of halogens is 4. The van der Waals surface area contributed by atoms with Crippen LogP contribution in [0.3, 0.4) is 0 Å². The fraction of sp³-hybridized carbons (Fsp3) is 0. The Labute approximate surface area is 142 Å². The Morgan fingerprint density at radius 1 is 1.11 bits per heavy atom. The van der Waals surface area contributed by atoms with Crippen LogP contribution >= 0.6 is 70.7 Å². The van der Waals surface area contributed by atoms with Crippen LogP contribution in [0.25, 0.3) is 20.8 Å². The normalized spacial score (nSPS) is 11.4. The van der Waals surface area contributed by atoms with Crippen molar-refractivity contribution in [3.63, 3.8) is 0 Å². The van der Waals surface area contributed by atoms with E-state index in [2.05, 4.69) is 52.8 Å². The van der Waals surface area contributed by atoms with E-state index in [-0.39, 0.29) is 5.43 Å². The predicted molar refractivity (Wildman–Crippen MR) is 90.6 cm³/mol. The first-order valence-electron chi connectivity index (χ1n) is 5.06. The van der Waals surface area contributed by atoms with E-state index in [0.29, 0.717) is 24.1 Å². The Balaban J connectivity index is 2.60. The van der Waals surface area contributed by atoms with Gasteiger partial charge in [-0.15, -0.1) is 11.3 Å². The molecule has 0 fully saturated rings. The first-order valence-corrected chi connectivity index (χ1v) is 8.63. The molecule has 7 heteroatoms. The second-order valence-corrected chi connectivity index (χ2v) is 7.59. The fourth-order valence-corrected chi connectivity index (χ4v) is 4.91. The third-order valence-corrected chi connectivity index (χ3v) is 7.13. The van der Waals surface area contributed by atoms with Crippen molar-refractivity contribution in [2.75, 3.05) is 0 Å². The molecule has 0 amide bonds. The van der Waals surface area contributed by atoms with Gasteiger partial charge >= 0.3 is 0 Å². The van der Waals surface area contributed by atoms with Gasteiger partial charge in [-0.1, -0.05) is 17.7 Å². The number of hydrogen-bond acceptors (Lipinski definition) is 3. The number of benzene rings is 2. The van der Waals surface area contributed by atoms with Gasteiger partial charge in [-0.25, -0.2) is 4.98 Å². The van der Waals surface area contributed by atoms with Crippen molar-refractivity contribution < 1.29 is 0 Å². The average Bonchev–Trinajstić information content (AvgIpc) is 2.42. The molecule has 1 aromatic carbocycles. The largest absolute Gasteiger partial charge is 0.287 e. The lowest BCUT2D eigenvalue weighted by molar-refractivity contribution is 1.35. The maximum absolute atomic E-state index is 12.0. The van der Waals surface area contributed by atoms with Crippen molar-refractivity contribution in [1.82, 2.24) is 4.98 Å². The standard InChI is InChI=1S/C12H3Br3ClNOS/c13-6-7(14)11(18)8(15)12-10(6)17-9-4(16)2-1-3-5(9)19-12/h1-3H. The molecule has 2 nitrogen and oxygen atoms in total. The van der Waals surface area contributed by atoms with Crippen LogP contribution in [-0.2, 0) is 0 Å². The second kappa shape index (κ2) is 5.07. The van der Waals surface area contributed by atoms with E-state index in [9.17, 15) is 4.79 Å². The fourth-order valence-electron chi connectivity index (χ4n) is 1.71. The third-order valence-electron chi connectivity index (χ3n) is 2.60. The van der Waals surface area contributed by atoms with Gasteiger partial charge in [0.25, 0.3) is 0 Å². The molecule has 0 aromatic heterocycles. The van der Waals surface area contributed by atoms with E-state index in [1.54, 1.807) is 6.07 Å². The molecule has 0 radical (unpaired) electrons. The molecule has 3 rings (SSSR count). The van der Waals surface area contributed by atoms with Gasteiger partial charge < -0.3 is 0 Å². The Hall–Kier alpha value is -0.0100. The summed E-state index contributed by atoms with van der Waals surface area (Å²) in [6.07, 6.45) is 0. The Bertz CT molecular complexity index is 849. The molecule has 0 bridgehead atoms. The van der Waals surface area contributed by atoms with Gasteiger partial charge in [0.2, 0.25) is 5.43 Å². The van der Waals surface area contributed by atoms with Gasteiger partial charge in [0.1, 0.15) is 0 Å². The van der Waals surface area contributed by atoms with Gasteiger partial charge in [-0.2, -0.15) is 0 Å². The zero-order valence-corrected chi connectivity index (χ0v) is 15.3. The molecule has 1 aromatic rings. The van der Waals surface area contributed by atoms with Crippen molar-refractivity contribution in [1.29, 1.82) is 0 Å². The van der Waals surface area contributed by atoms with Gasteiger partial charge in [0.15, 0.2) is 0 Å². The molecule has 2 aliphatic rings. The number of fused-ring (bicyclic) bond motifs is 2. The lowest BCUT2D eigenvalue weighted by Crippen LogP contribution is -2.07. The van der Waals surface area contributed by atoms with Crippen LogP contribution in [0.4, 0.5) is 0 Å². The summed E-state index contributed by atoms with van der Waals surface area (Å²) in [6.45, 7) is 0. The van der Waals surface area contributed by atoms with Crippen LogP contribution in [0.5, 0.6) is 0 Å². The highest BCUT2D eigenvalue weighted by atomic mass is 79.9. The predicted octanol–water partition coefficient (Wildman–Crippen LogP) is 5.70. The van der Waals surface area contributed by atoms with Gasteiger partial charge in [-0.3, -0.25) is 4.79 Å². The van der Waals surface area contributed by atoms with E-state index in [0.717, 1.165) is 15.1 Å². The van der Waals surface area contributed by atoms with Crippen molar-refractivity contribution in [3.8, 4) is 10.6 Å². The van der Waals surface area contributed by atoms with E-state index in [4.69, 9.17) is 11.6 Å². The molecule has 1 heterocycles.